The van der Waals surface area contributed by atoms with Crippen molar-refractivity contribution in [1.29, 1.82) is 0 Å². The summed E-state index contributed by atoms with van der Waals surface area (Å²) in [5.74, 6) is 0.515. The Balaban J connectivity index is 3.63. The summed E-state index contributed by atoms with van der Waals surface area (Å²) in [6.07, 6.45) is 1.05. The fourth-order valence-electron chi connectivity index (χ4n) is 1.90. The highest BCUT2D eigenvalue weighted by Crippen LogP contribution is 2.40. The van der Waals surface area contributed by atoms with Crippen LogP contribution in [0, 0.1) is 0 Å². The van der Waals surface area contributed by atoms with Crippen LogP contribution in [0.1, 0.15) is 25.0 Å². The van der Waals surface area contributed by atoms with E-state index >= 15 is 0 Å². The predicted octanol–water partition coefficient (Wildman–Crippen LogP) is 1.21. The van der Waals surface area contributed by atoms with Crippen molar-refractivity contribution in [3.8, 4) is 5.75 Å². The molecule has 0 fully saturated rings. The van der Waals surface area contributed by atoms with Gasteiger partial charge in [-0.25, -0.2) is 0 Å². The number of anilines is 1. The highest BCUT2D eigenvalue weighted by Gasteiger charge is 2.25. The Hall–Kier alpha value is -1.03. The first-order valence-electron chi connectivity index (χ1n) is 5.41. The molecule has 0 aliphatic rings. The van der Waals surface area contributed by atoms with Crippen molar-refractivity contribution in [2.45, 2.75) is 26.7 Å². The maximum atomic E-state index is 11.4. The van der Waals surface area contributed by atoms with Crippen LogP contribution in [-0.2, 0) is 17.4 Å². The minimum Gasteiger partial charge on any atom is -0.494 e. The SMILES string of the molecule is CCc1cc(P(=O)(O)O)c(CC)c(N)c1OC. The summed E-state index contributed by atoms with van der Waals surface area (Å²) >= 11 is 0. The second-order valence-corrected chi connectivity index (χ2v) is 5.30. The van der Waals surface area contributed by atoms with Gasteiger partial charge in [-0.3, -0.25) is 4.57 Å². The van der Waals surface area contributed by atoms with Crippen molar-refractivity contribution in [2.24, 2.45) is 0 Å². The Morgan fingerprint density at radius 3 is 2.29 bits per heavy atom. The van der Waals surface area contributed by atoms with Gasteiger partial charge in [0.05, 0.1) is 18.1 Å². The summed E-state index contributed by atoms with van der Waals surface area (Å²) < 4.78 is 16.6. The Morgan fingerprint density at radius 2 is 1.94 bits per heavy atom. The molecule has 0 atom stereocenters. The molecule has 0 saturated heterocycles. The van der Waals surface area contributed by atoms with E-state index in [0.29, 0.717) is 35.4 Å². The van der Waals surface area contributed by atoms with Crippen LogP contribution in [0.15, 0.2) is 6.07 Å². The van der Waals surface area contributed by atoms with Crippen molar-refractivity contribution < 1.29 is 19.1 Å². The first-order chi connectivity index (χ1) is 7.86. The summed E-state index contributed by atoms with van der Waals surface area (Å²) in [4.78, 5) is 18.6. The fourth-order valence-corrected chi connectivity index (χ4v) is 2.86. The van der Waals surface area contributed by atoms with Gasteiger partial charge in [0.15, 0.2) is 0 Å². The third-order valence-corrected chi connectivity index (χ3v) is 3.76. The number of hydrogen-bond donors (Lipinski definition) is 3. The summed E-state index contributed by atoms with van der Waals surface area (Å²) in [6, 6.07) is 1.49. The number of nitrogen functional groups attached to an aromatic ring is 1. The molecule has 1 rings (SSSR count). The molecule has 1 aromatic carbocycles. The zero-order chi connectivity index (χ0) is 13.2. The van der Waals surface area contributed by atoms with Crippen molar-refractivity contribution in [2.75, 3.05) is 12.8 Å². The molecule has 6 heteroatoms. The number of aryl methyl sites for hydroxylation is 1. The number of benzene rings is 1. The smallest absolute Gasteiger partial charge is 0.356 e. The number of methoxy groups -OCH3 is 1. The van der Waals surface area contributed by atoms with Crippen LogP contribution >= 0.6 is 7.60 Å². The second-order valence-electron chi connectivity index (χ2n) is 3.73. The van der Waals surface area contributed by atoms with Gasteiger partial charge in [0.1, 0.15) is 5.75 Å². The Bertz CT molecular complexity index is 467. The van der Waals surface area contributed by atoms with Crippen LogP contribution in [0.4, 0.5) is 5.69 Å². The van der Waals surface area contributed by atoms with Gasteiger partial charge in [-0.1, -0.05) is 13.8 Å². The van der Waals surface area contributed by atoms with Gasteiger partial charge in [0.2, 0.25) is 0 Å². The monoisotopic (exact) mass is 259 g/mol. The van der Waals surface area contributed by atoms with Gasteiger partial charge < -0.3 is 20.3 Å². The molecule has 0 spiro atoms. The first kappa shape index (κ1) is 14.0. The molecule has 0 bridgehead atoms. The number of nitrogens with two attached hydrogens (primary N) is 1. The third kappa shape index (κ3) is 2.63. The van der Waals surface area contributed by atoms with Gasteiger partial charge in [-0.2, -0.15) is 0 Å². The minimum absolute atomic E-state index is 0.00940. The van der Waals surface area contributed by atoms with Crippen LogP contribution in [0.5, 0.6) is 5.75 Å². The lowest BCUT2D eigenvalue weighted by Crippen LogP contribution is -2.16. The van der Waals surface area contributed by atoms with Crippen molar-refractivity contribution >= 4 is 18.6 Å². The van der Waals surface area contributed by atoms with Gasteiger partial charge >= 0.3 is 7.60 Å². The molecule has 1 aromatic rings. The molecule has 96 valence electrons. The zero-order valence-corrected chi connectivity index (χ0v) is 11.1. The summed E-state index contributed by atoms with van der Waals surface area (Å²) in [7, 11) is -2.80. The predicted molar refractivity (Wildman–Crippen MR) is 67.8 cm³/mol. The third-order valence-electron chi connectivity index (χ3n) is 2.73. The largest absolute Gasteiger partial charge is 0.494 e. The number of rotatable bonds is 4. The minimum atomic E-state index is -4.31. The molecular formula is C11H18NO4P. The molecule has 0 aromatic heterocycles. The Morgan fingerprint density at radius 1 is 1.35 bits per heavy atom. The quantitative estimate of drug-likeness (QED) is 0.558. The van der Waals surface area contributed by atoms with Gasteiger partial charge in [0.25, 0.3) is 0 Å². The van der Waals surface area contributed by atoms with E-state index in [0.717, 1.165) is 0 Å². The van der Waals surface area contributed by atoms with Gasteiger partial charge in [-0.05, 0) is 30.0 Å². The molecule has 0 heterocycles. The molecule has 0 unspecified atom stereocenters. The molecule has 0 saturated carbocycles. The highest BCUT2D eigenvalue weighted by atomic mass is 31.2. The van der Waals surface area contributed by atoms with Crippen LogP contribution in [0.2, 0.25) is 0 Å². The van der Waals surface area contributed by atoms with E-state index in [4.69, 9.17) is 10.5 Å². The van der Waals surface area contributed by atoms with Crippen molar-refractivity contribution in [3.63, 3.8) is 0 Å². The lowest BCUT2D eigenvalue weighted by molar-refractivity contribution is 0.387. The van der Waals surface area contributed by atoms with E-state index in [1.54, 1.807) is 6.92 Å². The lowest BCUT2D eigenvalue weighted by Gasteiger charge is -2.18. The van der Waals surface area contributed by atoms with E-state index < -0.39 is 7.60 Å². The summed E-state index contributed by atoms with van der Waals surface area (Å²) in [5, 5.41) is 0.00940. The lowest BCUT2D eigenvalue weighted by atomic mass is 10.0. The average molecular weight is 259 g/mol. The number of ether oxygens (including phenoxy) is 1. The normalized spacial score (nSPS) is 11.6. The van der Waals surface area contributed by atoms with E-state index in [1.165, 1.54) is 13.2 Å². The molecule has 0 amide bonds. The molecule has 5 nitrogen and oxygen atoms in total. The van der Waals surface area contributed by atoms with E-state index in [2.05, 4.69) is 0 Å². The second kappa shape index (κ2) is 5.08. The zero-order valence-electron chi connectivity index (χ0n) is 10.2. The van der Waals surface area contributed by atoms with Crippen LogP contribution in [0.25, 0.3) is 0 Å². The topological polar surface area (TPSA) is 92.8 Å². The molecule has 17 heavy (non-hydrogen) atoms. The molecule has 0 aliphatic carbocycles. The molecule has 0 aliphatic heterocycles. The van der Waals surface area contributed by atoms with Crippen LogP contribution in [0.3, 0.4) is 0 Å². The maximum absolute atomic E-state index is 11.4. The van der Waals surface area contributed by atoms with E-state index in [1.807, 2.05) is 6.92 Å². The van der Waals surface area contributed by atoms with E-state index in [-0.39, 0.29) is 5.30 Å². The average Bonchev–Trinajstić information content (AvgIpc) is 2.26. The van der Waals surface area contributed by atoms with E-state index in [9.17, 15) is 14.4 Å². The molecular weight excluding hydrogens is 241 g/mol. The van der Waals surface area contributed by atoms with Gasteiger partial charge in [-0.15, -0.1) is 0 Å². The van der Waals surface area contributed by atoms with Gasteiger partial charge in [0, 0.05) is 0 Å². The highest BCUT2D eigenvalue weighted by molar-refractivity contribution is 7.60. The first-order valence-corrected chi connectivity index (χ1v) is 7.02. The summed E-state index contributed by atoms with van der Waals surface area (Å²) in [6.45, 7) is 3.68. The van der Waals surface area contributed by atoms with Crippen molar-refractivity contribution in [1.82, 2.24) is 0 Å². The summed E-state index contributed by atoms with van der Waals surface area (Å²) in [5.41, 5.74) is 7.41. The fraction of sp³-hybridized carbons (Fsp3) is 0.455. The number of hydrogen-bond acceptors (Lipinski definition) is 3. The Kier molecular flexibility index (Phi) is 4.20. The van der Waals surface area contributed by atoms with Crippen LogP contribution < -0.4 is 15.8 Å². The van der Waals surface area contributed by atoms with Crippen molar-refractivity contribution in [3.05, 3.63) is 17.2 Å². The molecule has 0 radical (unpaired) electrons. The Labute approximate surface area is 101 Å². The van der Waals surface area contributed by atoms with Crippen LogP contribution in [-0.4, -0.2) is 16.9 Å². The standard InChI is InChI=1S/C11H18NO4P/c1-4-7-6-9(17(13,14)15)8(5-2)10(12)11(7)16-3/h6H,4-5,12H2,1-3H3,(H2,13,14,15). The molecule has 4 N–H and O–H groups in total. The maximum Gasteiger partial charge on any atom is 0.356 e.